The second-order valence-corrected chi connectivity index (χ2v) is 7.70. The molecule has 1 aliphatic heterocycles. The number of nitrogens with zero attached hydrogens (tertiary/aromatic N) is 3. The quantitative estimate of drug-likeness (QED) is 0.423. The average molecular weight is 463 g/mol. The van der Waals surface area contributed by atoms with Gasteiger partial charge in [-0.1, -0.05) is 6.07 Å². The number of nitro benzene ring substituents is 1. The van der Waals surface area contributed by atoms with Crippen molar-refractivity contribution in [2.45, 2.75) is 12.2 Å². The molecule has 0 spiro atoms. The minimum atomic E-state index is -4.68. The smallest absolute Gasteiger partial charge is 0.416 e. The van der Waals surface area contributed by atoms with Crippen LogP contribution in [0.5, 0.6) is 11.5 Å². The molecular formula is C20H12F3N3O5S. The van der Waals surface area contributed by atoms with E-state index in [-0.39, 0.29) is 5.75 Å². The summed E-state index contributed by atoms with van der Waals surface area (Å²) in [4.78, 5) is 30.0. The van der Waals surface area contributed by atoms with Crippen LogP contribution >= 0.6 is 11.8 Å². The molecule has 32 heavy (non-hydrogen) atoms. The van der Waals surface area contributed by atoms with E-state index in [1.165, 1.54) is 23.9 Å². The minimum absolute atomic E-state index is 0.0907. The first-order valence-corrected chi connectivity index (χ1v) is 9.98. The minimum Gasteiger partial charge on any atom is -0.480 e. The largest absolute Gasteiger partial charge is 0.480 e. The van der Waals surface area contributed by atoms with Crippen molar-refractivity contribution < 1.29 is 32.7 Å². The molecule has 0 aliphatic carbocycles. The molecule has 1 aliphatic rings. The molecule has 4 rings (SSSR count). The van der Waals surface area contributed by atoms with E-state index >= 15 is 0 Å². The summed E-state index contributed by atoms with van der Waals surface area (Å²) in [6, 6.07) is 8.88. The summed E-state index contributed by atoms with van der Waals surface area (Å²) < 4.78 is 44.4. The van der Waals surface area contributed by atoms with Crippen molar-refractivity contribution in [2.24, 2.45) is 4.99 Å². The van der Waals surface area contributed by atoms with Crippen molar-refractivity contribution in [1.29, 1.82) is 0 Å². The lowest BCUT2D eigenvalue weighted by molar-refractivity contribution is -0.385. The Bertz CT molecular complexity index is 1280. The second-order valence-electron chi connectivity index (χ2n) is 6.69. The Hall–Kier alpha value is -3.67. The van der Waals surface area contributed by atoms with Crippen LogP contribution in [0.2, 0.25) is 0 Å². The number of aliphatic imine (C=N–C) groups is 1. The summed E-state index contributed by atoms with van der Waals surface area (Å²) in [5.74, 6) is -1.15. The predicted molar refractivity (Wildman–Crippen MR) is 110 cm³/mol. The van der Waals surface area contributed by atoms with Crippen LogP contribution in [0.25, 0.3) is 10.9 Å². The van der Waals surface area contributed by atoms with Gasteiger partial charge >= 0.3 is 17.8 Å². The molecule has 0 saturated heterocycles. The molecule has 0 amide bonds. The Balaban J connectivity index is 1.65. The lowest BCUT2D eigenvalue weighted by Gasteiger charge is -2.11. The zero-order valence-corrected chi connectivity index (χ0v) is 16.7. The highest BCUT2D eigenvalue weighted by atomic mass is 32.2. The topological polar surface area (TPSA) is 115 Å². The number of carbonyl (C=O) groups is 1. The molecule has 0 radical (unpaired) electrons. The molecule has 0 saturated carbocycles. The summed E-state index contributed by atoms with van der Waals surface area (Å²) in [5.41, 5.74) is -0.667. The first-order valence-electron chi connectivity index (χ1n) is 9.00. The van der Waals surface area contributed by atoms with Crippen molar-refractivity contribution in [2.75, 3.05) is 5.75 Å². The third-order valence-corrected chi connectivity index (χ3v) is 5.60. The van der Waals surface area contributed by atoms with Crippen LogP contribution in [0.3, 0.4) is 0 Å². The number of halogens is 3. The number of fused-ring (bicyclic) bond motifs is 1. The zero-order valence-electron chi connectivity index (χ0n) is 15.9. The lowest BCUT2D eigenvalue weighted by Crippen LogP contribution is -2.17. The normalized spacial score (nSPS) is 16.1. The number of ether oxygens (including phenoxy) is 1. The Morgan fingerprint density at radius 2 is 1.97 bits per heavy atom. The van der Waals surface area contributed by atoms with Gasteiger partial charge in [-0.05, 0) is 30.3 Å². The Labute approximate surface area is 181 Å². The first kappa shape index (κ1) is 21.6. The van der Waals surface area contributed by atoms with Crippen LogP contribution in [0.15, 0.2) is 53.5 Å². The first-order chi connectivity index (χ1) is 15.1. The van der Waals surface area contributed by atoms with Gasteiger partial charge in [0.05, 0.1) is 21.7 Å². The van der Waals surface area contributed by atoms with E-state index in [9.17, 15) is 28.1 Å². The highest BCUT2D eigenvalue weighted by molar-refractivity contribution is 8.14. The number of hydrogen-bond acceptors (Lipinski definition) is 7. The van der Waals surface area contributed by atoms with Gasteiger partial charge in [-0.3, -0.25) is 15.1 Å². The average Bonchev–Trinajstić information content (AvgIpc) is 3.23. The van der Waals surface area contributed by atoms with Gasteiger partial charge in [0.2, 0.25) is 5.75 Å². The Kier molecular flexibility index (Phi) is 5.46. The van der Waals surface area contributed by atoms with Gasteiger partial charge in [-0.2, -0.15) is 13.2 Å². The van der Waals surface area contributed by atoms with Crippen LogP contribution < -0.4 is 4.74 Å². The van der Waals surface area contributed by atoms with Crippen molar-refractivity contribution >= 4 is 39.4 Å². The van der Waals surface area contributed by atoms with Gasteiger partial charge in [0.1, 0.15) is 10.8 Å². The number of alkyl halides is 3. The van der Waals surface area contributed by atoms with Gasteiger partial charge in [0.15, 0.2) is 6.04 Å². The number of rotatable bonds is 5. The summed E-state index contributed by atoms with van der Waals surface area (Å²) in [6.45, 7) is 0. The molecule has 1 N–H and O–H groups in total. The van der Waals surface area contributed by atoms with E-state index < -0.39 is 40.1 Å². The monoisotopic (exact) mass is 463 g/mol. The molecule has 2 heterocycles. The highest BCUT2D eigenvalue weighted by Crippen LogP contribution is 2.38. The highest BCUT2D eigenvalue weighted by Gasteiger charge is 2.33. The van der Waals surface area contributed by atoms with E-state index in [1.54, 1.807) is 18.2 Å². The molecule has 164 valence electrons. The molecule has 1 atom stereocenters. The fourth-order valence-electron chi connectivity index (χ4n) is 2.98. The van der Waals surface area contributed by atoms with E-state index in [0.717, 1.165) is 6.07 Å². The standard InChI is InChI=1S/C20H12F3N3O5S/c21-20(22,23)11-2-6-16(26(29)30)17(8-11)31-12-3-5-13-10(7-12)1-4-14(24-13)18-25-15(9-32-18)19(27)28/h1-8,15H,9H2,(H,27,28)/t15-/m1/s1. The number of carboxylic acid groups (broad SMARTS) is 1. The van der Waals surface area contributed by atoms with Crippen molar-refractivity contribution in [3.8, 4) is 11.5 Å². The number of benzene rings is 2. The van der Waals surface area contributed by atoms with Gasteiger partial charge in [-0.25, -0.2) is 9.78 Å². The molecule has 0 unspecified atom stereocenters. The van der Waals surface area contributed by atoms with Crippen molar-refractivity contribution in [3.05, 3.63) is 69.9 Å². The summed E-state index contributed by atoms with van der Waals surface area (Å²) in [6.07, 6.45) is -4.68. The number of pyridine rings is 1. The van der Waals surface area contributed by atoms with Crippen LogP contribution in [0.4, 0.5) is 18.9 Å². The third kappa shape index (κ3) is 4.35. The third-order valence-electron chi connectivity index (χ3n) is 4.53. The van der Waals surface area contributed by atoms with E-state index in [0.29, 0.717) is 39.5 Å². The van der Waals surface area contributed by atoms with Crippen LogP contribution in [-0.2, 0) is 11.0 Å². The van der Waals surface area contributed by atoms with E-state index in [4.69, 9.17) is 9.84 Å². The van der Waals surface area contributed by atoms with Gasteiger partial charge in [0, 0.05) is 23.3 Å². The molecule has 1 aromatic heterocycles. The number of thioether (sulfide) groups is 1. The second kappa shape index (κ2) is 8.11. The maximum Gasteiger partial charge on any atom is 0.416 e. The number of nitro groups is 1. The molecule has 0 bridgehead atoms. The van der Waals surface area contributed by atoms with Crippen LogP contribution in [0.1, 0.15) is 11.3 Å². The number of carboxylic acids is 1. The Morgan fingerprint density at radius 1 is 1.19 bits per heavy atom. The van der Waals surface area contributed by atoms with Crippen molar-refractivity contribution in [3.63, 3.8) is 0 Å². The molecule has 2 aromatic carbocycles. The van der Waals surface area contributed by atoms with E-state index in [2.05, 4.69) is 9.98 Å². The molecule has 12 heteroatoms. The number of aliphatic carboxylic acids is 1. The Morgan fingerprint density at radius 3 is 2.62 bits per heavy atom. The molecule has 3 aromatic rings. The SMILES string of the molecule is O=C(O)[C@H]1CSC(c2ccc3cc(Oc4cc(C(F)(F)F)ccc4[N+](=O)[O-])ccc3n2)=N1. The summed E-state index contributed by atoms with van der Waals surface area (Å²) in [7, 11) is 0. The number of hydrogen-bond donors (Lipinski definition) is 1. The maximum absolute atomic E-state index is 13.0. The molecule has 8 nitrogen and oxygen atoms in total. The van der Waals surface area contributed by atoms with Crippen molar-refractivity contribution in [1.82, 2.24) is 4.98 Å². The number of aromatic nitrogens is 1. The lowest BCUT2D eigenvalue weighted by atomic mass is 10.1. The van der Waals surface area contributed by atoms with Gasteiger partial charge in [-0.15, -0.1) is 11.8 Å². The zero-order chi connectivity index (χ0) is 23.0. The fourth-order valence-corrected chi connectivity index (χ4v) is 3.97. The van der Waals surface area contributed by atoms with Gasteiger partial charge < -0.3 is 9.84 Å². The summed E-state index contributed by atoms with van der Waals surface area (Å²) in [5, 5.41) is 21.3. The van der Waals surface area contributed by atoms with Gasteiger partial charge in [0.25, 0.3) is 0 Å². The van der Waals surface area contributed by atoms with Crippen LogP contribution in [0, 0.1) is 10.1 Å². The summed E-state index contributed by atoms with van der Waals surface area (Å²) >= 11 is 1.28. The maximum atomic E-state index is 13.0. The van der Waals surface area contributed by atoms with Crippen LogP contribution in [-0.4, -0.2) is 37.8 Å². The van der Waals surface area contributed by atoms with E-state index in [1.807, 2.05) is 0 Å². The molecule has 0 fully saturated rings. The molecular weight excluding hydrogens is 451 g/mol. The fraction of sp³-hybridized carbons (Fsp3) is 0.150. The predicted octanol–water partition coefficient (Wildman–Crippen LogP) is 4.90.